The Hall–Kier alpha value is -1.36. The summed E-state index contributed by atoms with van der Waals surface area (Å²) in [4.78, 5) is 8.30. The highest BCUT2D eigenvalue weighted by atomic mass is 16.5. The molecule has 1 rings (SSSR count). The summed E-state index contributed by atoms with van der Waals surface area (Å²) < 4.78 is 10.7. The first-order valence-corrected chi connectivity index (χ1v) is 5.40. The van der Waals surface area contributed by atoms with Gasteiger partial charge in [0, 0.05) is 14.2 Å². The van der Waals surface area contributed by atoms with Gasteiger partial charge in [-0.15, -0.1) is 0 Å². The van der Waals surface area contributed by atoms with Crippen molar-refractivity contribution in [3.8, 4) is 5.88 Å². The lowest BCUT2D eigenvalue weighted by atomic mass is 10.2. The molecule has 16 heavy (non-hydrogen) atoms. The fraction of sp³-hybridized carbons (Fsp3) is 0.636. The second kappa shape index (κ2) is 6.27. The average Bonchev–Trinajstić information content (AvgIpc) is 2.29. The number of methoxy groups -OCH3 is 1. The van der Waals surface area contributed by atoms with Crippen LogP contribution >= 0.6 is 0 Å². The minimum atomic E-state index is -0.0186. The molecule has 0 radical (unpaired) electrons. The van der Waals surface area contributed by atoms with Gasteiger partial charge in [-0.05, 0) is 13.3 Å². The SMILES string of the molecule is CCc1c(NC)ncnc1OC(C)COC. The van der Waals surface area contributed by atoms with Gasteiger partial charge in [0.25, 0.3) is 0 Å². The van der Waals surface area contributed by atoms with E-state index in [1.807, 2.05) is 20.9 Å². The summed E-state index contributed by atoms with van der Waals surface area (Å²) in [5.41, 5.74) is 0.993. The van der Waals surface area contributed by atoms with Crippen LogP contribution in [-0.4, -0.2) is 36.8 Å². The highest BCUT2D eigenvalue weighted by Crippen LogP contribution is 2.22. The maximum absolute atomic E-state index is 5.70. The molecule has 0 saturated heterocycles. The van der Waals surface area contributed by atoms with E-state index in [9.17, 15) is 0 Å². The van der Waals surface area contributed by atoms with Crippen molar-refractivity contribution < 1.29 is 9.47 Å². The minimum Gasteiger partial charge on any atom is -0.472 e. The van der Waals surface area contributed by atoms with Crippen LogP contribution in [0, 0.1) is 0 Å². The van der Waals surface area contributed by atoms with Gasteiger partial charge in [0.1, 0.15) is 18.2 Å². The monoisotopic (exact) mass is 225 g/mol. The molecule has 1 heterocycles. The number of nitrogens with zero attached hydrogens (tertiary/aromatic N) is 2. The molecule has 0 aliphatic heterocycles. The van der Waals surface area contributed by atoms with Crippen molar-refractivity contribution in [2.24, 2.45) is 0 Å². The molecular formula is C11H19N3O2. The summed E-state index contributed by atoms with van der Waals surface area (Å²) >= 11 is 0. The Morgan fingerprint density at radius 1 is 1.44 bits per heavy atom. The predicted molar refractivity (Wildman–Crippen MR) is 62.9 cm³/mol. The standard InChI is InChI=1S/C11H19N3O2/c1-5-9-10(12-3)13-7-14-11(9)16-8(2)6-15-4/h7-8H,5-6H2,1-4H3,(H,12,13,14). The van der Waals surface area contributed by atoms with Gasteiger partial charge in [-0.25, -0.2) is 9.97 Å². The highest BCUT2D eigenvalue weighted by Gasteiger charge is 2.12. The van der Waals surface area contributed by atoms with Crippen molar-refractivity contribution >= 4 is 5.82 Å². The molecule has 0 saturated carbocycles. The van der Waals surface area contributed by atoms with Crippen LogP contribution in [-0.2, 0) is 11.2 Å². The van der Waals surface area contributed by atoms with E-state index in [2.05, 4.69) is 15.3 Å². The van der Waals surface area contributed by atoms with Crippen LogP contribution in [0.2, 0.25) is 0 Å². The molecule has 1 atom stereocenters. The number of ether oxygens (including phenoxy) is 2. The Kier molecular flexibility index (Phi) is 4.98. The van der Waals surface area contributed by atoms with E-state index in [1.165, 1.54) is 6.33 Å². The molecule has 1 aromatic heterocycles. The number of rotatable bonds is 6. The Balaban J connectivity index is 2.86. The van der Waals surface area contributed by atoms with Crippen molar-refractivity contribution in [1.29, 1.82) is 0 Å². The van der Waals surface area contributed by atoms with Gasteiger partial charge in [0.05, 0.1) is 12.2 Å². The maximum atomic E-state index is 5.70. The predicted octanol–water partition coefficient (Wildman–Crippen LogP) is 1.49. The van der Waals surface area contributed by atoms with Crippen LogP contribution in [0.4, 0.5) is 5.82 Å². The van der Waals surface area contributed by atoms with Crippen LogP contribution in [0.1, 0.15) is 19.4 Å². The van der Waals surface area contributed by atoms with Crippen LogP contribution in [0.5, 0.6) is 5.88 Å². The van der Waals surface area contributed by atoms with Gasteiger partial charge in [-0.2, -0.15) is 0 Å². The Morgan fingerprint density at radius 3 is 2.75 bits per heavy atom. The number of hydrogen-bond donors (Lipinski definition) is 1. The molecule has 0 fully saturated rings. The Bertz CT molecular complexity index is 331. The summed E-state index contributed by atoms with van der Waals surface area (Å²) in [6.07, 6.45) is 2.31. The zero-order valence-corrected chi connectivity index (χ0v) is 10.3. The minimum absolute atomic E-state index is 0.0186. The molecule has 1 aromatic rings. The van der Waals surface area contributed by atoms with Gasteiger partial charge in [0.15, 0.2) is 0 Å². The molecule has 90 valence electrons. The van der Waals surface area contributed by atoms with Gasteiger partial charge in [-0.1, -0.05) is 6.92 Å². The van der Waals surface area contributed by atoms with Gasteiger partial charge in [-0.3, -0.25) is 0 Å². The van der Waals surface area contributed by atoms with E-state index in [4.69, 9.17) is 9.47 Å². The van der Waals surface area contributed by atoms with Crippen molar-refractivity contribution in [3.05, 3.63) is 11.9 Å². The molecule has 1 unspecified atom stereocenters. The first-order valence-electron chi connectivity index (χ1n) is 5.40. The Morgan fingerprint density at radius 2 is 2.19 bits per heavy atom. The fourth-order valence-corrected chi connectivity index (χ4v) is 1.49. The molecule has 0 aliphatic carbocycles. The van der Waals surface area contributed by atoms with Gasteiger partial charge < -0.3 is 14.8 Å². The summed E-state index contributed by atoms with van der Waals surface area (Å²) in [7, 11) is 3.49. The number of hydrogen-bond acceptors (Lipinski definition) is 5. The van der Waals surface area contributed by atoms with E-state index in [0.29, 0.717) is 12.5 Å². The smallest absolute Gasteiger partial charge is 0.222 e. The lowest BCUT2D eigenvalue weighted by Crippen LogP contribution is -2.19. The van der Waals surface area contributed by atoms with Crippen LogP contribution in [0.25, 0.3) is 0 Å². The summed E-state index contributed by atoms with van der Waals surface area (Å²) in [6, 6.07) is 0. The lowest BCUT2D eigenvalue weighted by molar-refractivity contribution is 0.0882. The van der Waals surface area contributed by atoms with E-state index in [-0.39, 0.29) is 6.10 Å². The molecule has 0 amide bonds. The number of anilines is 1. The van der Waals surface area contributed by atoms with Gasteiger partial charge in [0.2, 0.25) is 5.88 Å². The van der Waals surface area contributed by atoms with Crippen LogP contribution in [0.15, 0.2) is 6.33 Å². The summed E-state index contributed by atoms with van der Waals surface area (Å²) in [5, 5.41) is 3.03. The summed E-state index contributed by atoms with van der Waals surface area (Å²) in [6.45, 7) is 4.54. The van der Waals surface area contributed by atoms with Crippen LogP contribution in [0.3, 0.4) is 0 Å². The maximum Gasteiger partial charge on any atom is 0.222 e. The molecule has 0 spiro atoms. The van der Waals surface area contributed by atoms with Crippen molar-refractivity contribution in [3.63, 3.8) is 0 Å². The average molecular weight is 225 g/mol. The number of nitrogens with one attached hydrogen (secondary N) is 1. The first-order chi connectivity index (χ1) is 7.72. The molecular weight excluding hydrogens is 206 g/mol. The first kappa shape index (κ1) is 12.7. The molecule has 5 heteroatoms. The van der Waals surface area contributed by atoms with E-state index in [1.54, 1.807) is 7.11 Å². The highest BCUT2D eigenvalue weighted by molar-refractivity contribution is 5.48. The second-order valence-electron chi connectivity index (χ2n) is 3.49. The third-order valence-electron chi connectivity index (χ3n) is 2.21. The zero-order chi connectivity index (χ0) is 12.0. The quantitative estimate of drug-likeness (QED) is 0.795. The zero-order valence-electron chi connectivity index (χ0n) is 10.3. The molecule has 1 N–H and O–H groups in total. The van der Waals surface area contributed by atoms with Crippen molar-refractivity contribution in [2.75, 3.05) is 26.1 Å². The van der Waals surface area contributed by atoms with E-state index < -0.39 is 0 Å². The molecule has 0 bridgehead atoms. The lowest BCUT2D eigenvalue weighted by Gasteiger charge is -2.16. The van der Waals surface area contributed by atoms with Crippen LogP contribution < -0.4 is 10.1 Å². The normalized spacial score (nSPS) is 12.2. The van der Waals surface area contributed by atoms with E-state index in [0.717, 1.165) is 17.8 Å². The van der Waals surface area contributed by atoms with Crippen molar-refractivity contribution in [2.45, 2.75) is 26.4 Å². The number of aromatic nitrogens is 2. The molecule has 0 aromatic carbocycles. The fourth-order valence-electron chi connectivity index (χ4n) is 1.49. The molecule has 0 aliphatic rings. The third-order valence-corrected chi connectivity index (χ3v) is 2.21. The Labute approximate surface area is 96.2 Å². The third kappa shape index (κ3) is 3.06. The summed E-state index contributed by atoms with van der Waals surface area (Å²) in [5.74, 6) is 1.45. The topological polar surface area (TPSA) is 56.3 Å². The molecule has 5 nitrogen and oxygen atoms in total. The van der Waals surface area contributed by atoms with Crippen molar-refractivity contribution in [1.82, 2.24) is 9.97 Å². The van der Waals surface area contributed by atoms with E-state index >= 15 is 0 Å². The van der Waals surface area contributed by atoms with Gasteiger partial charge >= 0.3 is 0 Å². The largest absolute Gasteiger partial charge is 0.472 e. The second-order valence-corrected chi connectivity index (χ2v) is 3.49.